The van der Waals surface area contributed by atoms with Crippen LogP contribution in [-0.2, 0) is 0 Å². The van der Waals surface area contributed by atoms with Gasteiger partial charge in [-0.1, -0.05) is 23.8 Å². The lowest BCUT2D eigenvalue weighted by Crippen LogP contribution is -2.04. The molecule has 0 saturated carbocycles. The summed E-state index contributed by atoms with van der Waals surface area (Å²) in [5.74, 6) is 0. The van der Waals surface area contributed by atoms with E-state index in [1.165, 1.54) is 17.1 Å². The van der Waals surface area contributed by atoms with Crippen LogP contribution in [0.1, 0.15) is 5.56 Å². The first-order chi connectivity index (χ1) is 8.33. The van der Waals surface area contributed by atoms with E-state index < -0.39 is 0 Å². The highest BCUT2D eigenvalue weighted by Gasteiger charge is 1.97. The Kier molecular flexibility index (Phi) is 2.49. The van der Waals surface area contributed by atoms with E-state index in [0.29, 0.717) is 0 Å². The summed E-state index contributed by atoms with van der Waals surface area (Å²) in [6.45, 7) is 2.07. The summed E-state index contributed by atoms with van der Waals surface area (Å²) in [6, 6.07) is 14.1. The molecule has 0 aliphatic rings. The number of nitrogens with zero attached hydrogens (tertiary/aromatic N) is 3. The van der Waals surface area contributed by atoms with Crippen molar-refractivity contribution in [2.45, 2.75) is 6.92 Å². The number of rotatable bonds is 1. The molecule has 3 aromatic rings. The lowest BCUT2D eigenvalue weighted by Gasteiger charge is -1.94. The Hall–Kier alpha value is -1.94. The van der Waals surface area contributed by atoms with Gasteiger partial charge in [0.1, 0.15) is 0 Å². The molecule has 0 N–H and O–H groups in total. The van der Waals surface area contributed by atoms with Crippen LogP contribution in [0.5, 0.6) is 0 Å². The van der Waals surface area contributed by atoms with E-state index >= 15 is 0 Å². The van der Waals surface area contributed by atoms with Crippen LogP contribution in [-0.4, -0.2) is 8.77 Å². The SMILES string of the molecule is Cc1ccc(N=c2snc3ccccn23)cc1. The molecule has 17 heavy (non-hydrogen) atoms. The minimum absolute atomic E-state index is 0.893. The molecule has 0 aliphatic carbocycles. The van der Waals surface area contributed by atoms with E-state index in [9.17, 15) is 0 Å². The number of pyridine rings is 1. The van der Waals surface area contributed by atoms with Gasteiger partial charge in [-0.25, -0.2) is 4.99 Å². The van der Waals surface area contributed by atoms with E-state index in [1.54, 1.807) is 0 Å². The summed E-state index contributed by atoms with van der Waals surface area (Å²) in [7, 11) is 0. The zero-order valence-electron chi connectivity index (χ0n) is 9.37. The summed E-state index contributed by atoms with van der Waals surface area (Å²) in [5, 5.41) is 0. The normalized spacial score (nSPS) is 12.2. The maximum absolute atomic E-state index is 4.59. The average molecular weight is 241 g/mol. The monoisotopic (exact) mass is 241 g/mol. The Bertz CT molecular complexity index is 707. The Morgan fingerprint density at radius 1 is 1.12 bits per heavy atom. The first kappa shape index (κ1) is 10.2. The Balaban J connectivity index is 2.18. The molecule has 0 unspecified atom stereocenters. The zero-order chi connectivity index (χ0) is 11.7. The summed E-state index contributed by atoms with van der Waals surface area (Å²) in [5.41, 5.74) is 3.13. The number of aromatic nitrogens is 2. The second kappa shape index (κ2) is 4.14. The van der Waals surface area contributed by atoms with Gasteiger partial charge in [-0.05, 0) is 31.2 Å². The van der Waals surface area contributed by atoms with Crippen molar-refractivity contribution in [1.29, 1.82) is 0 Å². The number of fused-ring (bicyclic) bond motifs is 1. The summed E-state index contributed by atoms with van der Waals surface area (Å²) in [6.07, 6.45) is 1.98. The molecule has 0 bridgehead atoms. The van der Waals surface area contributed by atoms with Gasteiger partial charge in [-0.3, -0.25) is 4.40 Å². The third kappa shape index (κ3) is 1.99. The van der Waals surface area contributed by atoms with E-state index in [-0.39, 0.29) is 0 Å². The van der Waals surface area contributed by atoms with Gasteiger partial charge in [0.15, 0.2) is 5.65 Å². The third-order valence-corrected chi connectivity index (χ3v) is 3.25. The molecule has 0 amide bonds. The van der Waals surface area contributed by atoms with Crippen LogP contribution in [0.4, 0.5) is 5.69 Å². The second-order valence-corrected chi connectivity index (χ2v) is 4.57. The van der Waals surface area contributed by atoms with Gasteiger partial charge < -0.3 is 0 Å². The van der Waals surface area contributed by atoms with Gasteiger partial charge in [0.25, 0.3) is 0 Å². The van der Waals surface area contributed by atoms with Crippen molar-refractivity contribution in [3.05, 3.63) is 59.0 Å². The van der Waals surface area contributed by atoms with Crippen LogP contribution in [0.15, 0.2) is 53.7 Å². The number of hydrogen-bond acceptors (Lipinski definition) is 3. The maximum atomic E-state index is 4.59. The molecule has 2 aromatic heterocycles. The van der Waals surface area contributed by atoms with Crippen molar-refractivity contribution >= 4 is 22.9 Å². The lowest BCUT2D eigenvalue weighted by atomic mass is 10.2. The van der Waals surface area contributed by atoms with E-state index in [2.05, 4.69) is 28.4 Å². The van der Waals surface area contributed by atoms with Crippen molar-refractivity contribution in [2.24, 2.45) is 4.99 Å². The van der Waals surface area contributed by atoms with Gasteiger partial charge in [-0.15, -0.1) is 0 Å². The molecule has 0 spiro atoms. The van der Waals surface area contributed by atoms with Gasteiger partial charge in [0, 0.05) is 17.7 Å². The fourth-order valence-corrected chi connectivity index (χ4v) is 2.32. The van der Waals surface area contributed by atoms with Gasteiger partial charge in [-0.2, -0.15) is 4.37 Å². The Morgan fingerprint density at radius 3 is 2.76 bits per heavy atom. The quantitative estimate of drug-likeness (QED) is 0.644. The van der Waals surface area contributed by atoms with E-state index in [1.807, 2.05) is 40.9 Å². The van der Waals surface area contributed by atoms with Crippen LogP contribution in [0.3, 0.4) is 0 Å². The second-order valence-electron chi connectivity index (χ2n) is 3.84. The highest BCUT2D eigenvalue weighted by atomic mass is 32.1. The third-order valence-electron chi connectivity index (χ3n) is 2.52. The van der Waals surface area contributed by atoms with E-state index in [4.69, 9.17) is 0 Å². The number of benzene rings is 1. The maximum Gasteiger partial charge on any atom is 0.213 e. The number of hydrogen-bond donors (Lipinski definition) is 0. The zero-order valence-corrected chi connectivity index (χ0v) is 10.2. The van der Waals surface area contributed by atoms with Crippen molar-refractivity contribution in [3.8, 4) is 0 Å². The molecule has 3 rings (SSSR count). The Labute approximate surface area is 103 Å². The van der Waals surface area contributed by atoms with Crippen LogP contribution in [0.2, 0.25) is 0 Å². The minimum atomic E-state index is 0.893. The van der Waals surface area contributed by atoms with Crippen molar-refractivity contribution in [2.75, 3.05) is 0 Å². The van der Waals surface area contributed by atoms with E-state index in [0.717, 1.165) is 16.1 Å². The molecule has 4 heteroatoms. The summed E-state index contributed by atoms with van der Waals surface area (Å²) >= 11 is 1.41. The van der Waals surface area contributed by atoms with Crippen molar-refractivity contribution < 1.29 is 0 Å². The molecule has 0 fully saturated rings. The van der Waals surface area contributed by atoms with Crippen LogP contribution < -0.4 is 4.80 Å². The largest absolute Gasteiger partial charge is 0.275 e. The fourth-order valence-electron chi connectivity index (χ4n) is 1.61. The molecular weight excluding hydrogens is 230 g/mol. The summed E-state index contributed by atoms with van der Waals surface area (Å²) in [4.78, 5) is 5.48. The number of aryl methyl sites for hydroxylation is 1. The highest BCUT2D eigenvalue weighted by molar-refractivity contribution is 7.03. The van der Waals surface area contributed by atoms with Crippen LogP contribution in [0, 0.1) is 6.92 Å². The molecule has 1 aromatic carbocycles. The van der Waals surface area contributed by atoms with Crippen LogP contribution >= 0.6 is 11.5 Å². The predicted molar refractivity (Wildman–Crippen MR) is 69.5 cm³/mol. The molecule has 0 saturated heterocycles. The fraction of sp³-hybridized carbons (Fsp3) is 0.0769. The average Bonchev–Trinajstić information content (AvgIpc) is 2.76. The molecule has 2 heterocycles. The summed E-state index contributed by atoms with van der Waals surface area (Å²) < 4.78 is 6.33. The minimum Gasteiger partial charge on any atom is -0.275 e. The van der Waals surface area contributed by atoms with Gasteiger partial charge in [0.2, 0.25) is 4.80 Å². The van der Waals surface area contributed by atoms with Crippen molar-refractivity contribution in [3.63, 3.8) is 0 Å². The molecule has 3 nitrogen and oxygen atoms in total. The van der Waals surface area contributed by atoms with Gasteiger partial charge in [0.05, 0.1) is 5.69 Å². The van der Waals surface area contributed by atoms with Crippen molar-refractivity contribution in [1.82, 2.24) is 8.77 Å². The van der Waals surface area contributed by atoms with Gasteiger partial charge >= 0.3 is 0 Å². The standard InChI is InChI=1S/C13H11N3S/c1-10-5-7-11(8-6-10)14-13-16-9-3-2-4-12(16)15-17-13/h2-9H,1H3. The van der Waals surface area contributed by atoms with Crippen LogP contribution in [0.25, 0.3) is 5.65 Å². The molecular formula is C13H11N3S. The first-order valence-corrected chi connectivity index (χ1v) is 6.15. The lowest BCUT2D eigenvalue weighted by molar-refractivity contribution is 1.09. The molecule has 0 atom stereocenters. The predicted octanol–water partition coefficient (Wildman–Crippen LogP) is 2.94. The molecule has 0 aliphatic heterocycles. The Morgan fingerprint density at radius 2 is 1.94 bits per heavy atom. The smallest absolute Gasteiger partial charge is 0.213 e. The molecule has 84 valence electrons. The topological polar surface area (TPSA) is 29.7 Å². The highest BCUT2D eigenvalue weighted by Crippen LogP contribution is 2.11. The first-order valence-electron chi connectivity index (χ1n) is 5.37. The molecule has 0 radical (unpaired) electrons.